The quantitative estimate of drug-likeness (QED) is 0.572. The van der Waals surface area contributed by atoms with Gasteiger partial charge in [-0.05, 0) is 12.1 Å². The van der Waals surface area contributed by atoms with Gasteiger partial charge in [0, 0.05) is 24.8 Å². The number of hydrogen-bond donors (Lipinski definition) is 0. The topological polar surface area (TPSA) is 155 Å². The Morgan fingerprint density at radius 2 is 0.781 bits per heavy atom. The molecule has 2 aromatic heterocycles. The van der Waals surface area contributed by atoms with Crippen molar-refractivity contribution in [3.8, 4) is 0 Å². The summed E-state index contributed by atoms with van der Waals surface area (Å²) in [6.45, 7) is -5.69. The maximum Gasteiger partial charge on any atom is 0.642 e. The Balaban J connectivity index is 1.77. The zero-order valence-corrected chi connectivity index (χ0v) is 16.3. The fourth-order valence-electron chi connectivity index (χ4n) is 2.51. The molecule has 14 nitrogen and oxygen atoms in total. The second-order valence-corrected chi connectivity index (χ2v) is 6.02. The fraction of sp³-hybridized carbons (Fsp3) is 0. The van der Waals surface area contributed by atoms with E-state index in [9.17, 15) is 0 Å². The van der Waals surface area contributed by atoms with Gasteiger partial charge in [-0.1, -0.05) is 23.1 Å². The summed E-state index contributed by atoms with van der Waals surface area (Å²) in [6, 6.07) is 6.57. The lowest BCUT2D eigenvalue weighted by atomic mass is 9.71. The molecule has 0 amide bonds. The van der Waals surface area contributed by atoms with Crippen LogP contribution in [0, 0.1) is 0 Å². The van der Waals surface area contributed by atoms with Crippen molar-refractivity contribution in [2.45, 2.75) is 0 Å². The van der Waals surface area contributed by atoms with Gasteiger partial charge in [-0.25, -0.2) is 0 Å². The van der Waals surface area contributed by atoms with Gasteiger partial charge in [-0.2, -0.15) is 0 Å². The molecule has 162 valence electrons. The molecule has 0 aromatic carbocycles. The number of fused-ring (bicyclic) bond motifs is 9. The lowest BCUT2D eigenvalue weighted by Gasteiger charge is -2.34. The molecule has 0 saturated carbocycles. The van der Waals surface area contributed by atoms with Crippen LogP contribution in [0.5, 0.6) is 0 Å². The van der Waals surface area contributed by atoms with E-state index in [1.54, 1.807) is 36.7 Å². The zero-order valence-electron chi connectivity index (χ0n) is 16.3. The summed E-state index contributed by atoms with van der Waals surface area (Å²) in [4.78, 5) is 8.05. The molecule has 16 heteroatoms. The van der Waals surface area contributed by atoms with Crippen LogP contribution in [0.4, 0.5) is 0 Å². The SMILES string of the molecule is C1=NO[B-]2(c3cccnc3)O/N=C/C=N/O[B-](c3cccnc3)(O/N=C/1)O/N=C/C=N/O2. The molecule has 3 aliphatic rings. The molecule has 32 heavy (non-hydrogen) atoms. The lowest BCUT2D eigenvalue weighted by Crippen LogP contribution is -2.54. The van der Waals surface area contributed by atoms with Crippen LogP contribution in [0.1, 0.15) is 0 Å². The van der Waals surface area contributed by atoms with Crippen LogP contribution in [-0.2, 0) is 28.5 Å². The van der Waals surface area contributed by atoms with Crippen molar-refractivity contribution in [1.82, 2.24) is 9.97 Å². The third kappa shape index (κ3) is 4.69. The molecule has 0 N–H and O–H groups in total. The Morgan fingerprint density at radius 1 is 0.469 bits per heavy atom. The molecular weight excluding hydrogens is 422 g/mol. The molecule has 0 unspecified atom stereocenters. The first-order chi connectivity index (χ1) is 15.8. The Kier molecular flexibility index (Phi) is 6.31. The van der Waals surface area contributed by atoms with E-state index in [0.29, 0.717) is 10.9 Å². The van der Waals surface area contributed by atoms with Crippen LogP contribution >= 0.6 is 0 Å². The van der Waals surface area contributed by atoms with Gasteiger partial charge in [0.1, 0.15) is 0 Å². The lowest BCUT2D eigenvalue weighted by molar-refractivity contribution is 0.0791. The van der Waals surface area contributed by atoms with Crippen molar-refractivity contribution in [2.24, 2.45) is 30.9 Å². The molecule has 0 aliphatic carbocycles. The van der Waals surface area contributed by atoms with Gasteiger partial charge >= 0.3 is 13.5 Å². The van der Waals surface area contributed by atoms with Crippen LogP contribution in [0.15, 0.2) is 80.0 Å². The van der Waals surface area contributed by atoms with Crippen molar-refractivity contribution in [3.05, 3.63) is 49.1 Å². The Bertz CT molecular complexity index is 909. The smallest absolute Gasteiger partial charge is 0.536 e. The first-order valence-electron chi connectivity index (χ1n) is 9.16. The van der Waals surface area contributed by atoms with Crippen LogP contribution < -0.4 is 10.9 Å². The Morgan fingerprint density at radius 3 is 1.03 bits per heavy atom. The first-order valence-corrected chi connectivity index (χ1v) is 9.16. The molecule has 0 fully saturated rings. The minimum absolute atomic E-state index is 0.353. The van der Waals surface area contributed by atoms with E-state index >= 15 is 0 Å². The number of oxime groups is 6. The van der Waals surface area contributed by atoms with Gasteiger partial charge in [0.25, 0.3) is 0 Å². The summed E-state index contributed by atoms with van der Waals surface area (Å²) in [6.07, 6.45) is 13.0. The minimum Gasteiger partial charge on any atom is -0.536 e. The molecule has 0 radical (unpaired) electrons. The van der Waals surface area contributed by atoms with Gasteiger partial charge in [-0.3, -0.25) is 9.97 Å². The first kappa shape index (κ1) is 20.5. The highest BCUT2D eigenvalue weighted by atomic mass is 16.9. The van der Waals surface area contributed by atoms with E-state index in [1.807, 2.05) is 0 Å². The second-order valence-electron chi connectivity index (χ2n) is 6.02. The number of nitrogens with zero attached hydrogens (tertiary/aromatic N) is 8. The van der Waals surface area contributed by atoms with Crippen molar-refractivity contribution in [2.75, 3.05) is 0 Å². The third-order valence-electron chi connectivity index (χ3n) is 3.95. The summed E-state index contributed by atoms with van der Waals surface area (Å²) in [5.41, 5.74) is 0.707. The number of hydrogen-bond acceptors (Lipinski definition) is 14. The van der Waals surface area contributed by atoms with Crippen LogP contribution in [0.25, 0.3) is 0 Å². The van der Waals surface area contributed by atoms with Crippen LogP contribution in [0.2, 0.25) is 0 Å². The molecule has 2 bridgehead atoms. The molecule has 3 aliphatic heterocycles. The highest BCUT2D eigenvalue weighted by Gasteiger charge is 2.42. The highest BCUT2D eigenvalue weighted by Crippen LogP contribution is 2.14. The van der Waals surface area contributed by atoms with E-state index in [2.05, 4.69) is 40.9 Å². The fourth-order valence-corrected chi connectivity index (χ4v) is 2.51. The van der Waals surface area contributed by atoms with E-state index in [0.717, 1.165) is 0 Å². The molecule has 5 rings (SSSR count). The van der Waals surface area contributed by atoms with E-state index in [-0.39, 0.29) is 0 Å². The highest BCUT2D eigenvalue weighted by molar-refractivity contribution is 6.75. The summed E-state index contributed by atoms with van der Waals surface area (Å²) in [5, 5.41) is 22.8. The minimum atomic E-state index is -2.85. The molecule has 2 aromatic rings. The normalized spacial score (nSPS) is 29.6. The standard InChI is InChI=1S/C16H14B2N8O6/c1-3-15(13-19-5-1)17-27-21-7-10-24-30-18(16-4-2-6-20-14-16,31-25-11-8-22-28-17)32-26-12-9-23-29-17/h1-14H/q-2/b21-7+,22-8+,23-9+,24-10+,25-11+,26-12?. The number of aromatic nitrogens is 2. The molecule has 0 spiro atoms. The van der Waals surface area contributed by atoms with Crippen LogP contribution in [-0.4, -0.2) is 60.8 Å². The molecule has 5 heterocycles. The number of pyridine rings is 2. The maximum absolute atomic E-state index is 5.48. The monoisotopic (exact) mass is 436 g/mol. The van der Waals surface area contributed by atoms with Gasteiger partial charge in [-0.15, -0.1) is 30.9 Å². The van der Waals surface area contributed by atoms with Gasteiger partial charge < -0.3 is 28.5 Å². The predicted octanol–water partition coefficient (Wildman–Crippen LogP) is -0.490. The van der Waals surface area contributed by atoms with Crippen LogP contribution in [0.3, 0.4) is 0 Å². The summed E-state index contributed by atoms with van der Waals surface area (Å²) in [5.74, 6) is 0. The van der Waals surface area contributed by atoms with Crippen molar-refractivity contribution >= 4 is 61.7 Å². The van der Waals surface area contributed by atoms with Crippen molar-refractivity contribution in [1.29, 1.82) is 0 Å². The zero-order chi connectivity index (χ0) is 22.0. The number of rotatable bonds is 2. The second kappa shape index (κ2) is 9.84. The summed E-state index contributed by atoms with van der Waals surface area (Å²) < 4.78 is 32.9. The maximum atomic E-state index is 5.48. The van der Waals surface area contributed by atoms with Crippen molar-refractivity contribution in [3.63, 3.8) is 0 Å². The Hall–Kier alpha value is -4.75. The molecule has 0 atom stereocenters. The van der Waals surface area contributed by atoms with E-state index in [4.69, 9.17) is 28.5 Å². The van der Waals surface area contributed by atoms with E-state index < -0.39 is 13.5 Å². The molecule has 0 saturated heterocycles. The predicted molar refractivity (Wildman–Crippen MR) is 117 cm³/mol. The van der Waals surface area contributed by atoms with Gasteiger partial charge in [0.2, 0.25) is 0 Å². The van der Waals surface area contributed by atoms with Gasteiger partial charge in [0.15, 0.2) is 0 Å². The van der Waals surface area contributed by atoms with Gasteiger partial charge in [0.05, 0.1) is 37.3 Å². The summed E-state index contributed by atoms with van der Waals surface area (Å²) in [7, 11) is 0. The van der Waals surface area contributed by atoms with Crippen molar-refractivity contribution < 1.29 is 28.5 Å². The Labute approximate surface area is 180 Å². The average Bonchev–Trinajstić information content (AvgIpc) is 2.85. The third-order valence-corrected chi connectivity index (χ3v) is 3.95. The summed E-state index contributed by atoms with van der Waals surface area (Å²) >= 11 is 0. The average molecular weight is 436 g/mol. The largest absolute Gasteiger partial charge is 0.642 e. The van der Waals surface area contributed by atoms with E-state index in [1.165, 1.54) is 49.7 Å². The molecular formula is C16H14B2N8O6-2.